The Morgan fingerprint density at radius 3 is 1.78 bits per heavy atom. The summed E-state index contributed by atoms with van der Waals surface area (Å²) in [6.45, 7) is 0. The topological polar surface area (TPSA) is 84.5 Å². The number of anilines is 1. The number of rotatable bonds is 8. The summed E-state index contributed by atoms with van der Waals surface area (Å²) >= 11 is 0. The lowest BCUT2D eigenvalue weighted by Crippen LogP contribution is -2.37. The minimum Gasteiger partial charge on any atom is -0.445 e. The van der Waals surface area contributed by atoms with E-state index in [4.69, 9.17) is 4.74 Å². The number of benzene rings is 4. The van der Waals surface area contributed by atoms with Crippen molar-refractivity contribution in [3.8, 4) is 0 Å². The van der Waals surface area contributed by atoms with E-state index in [1.165, 1.54) is 24.3 Å². The second kappa shape index (κ2) is 11.6. The van der Waals surface area contributed by atoms with Gasteiger partial charge in [0.1, 0.15) is 5.82 Å². The van der Waals surface area contributed by atoms with E-state index >= 15 is 0 Å². The third-order valence-corrected chi connectivity index (χ3v) is 5.37. The third kappa shape index (κ3) is 6.21. The van der Waals surface area contributed by atoms with E-state index in [2.05, 4.69) is 10.6 Å². The minimum atomic E-state index is -1.32. The van der Waals surface area contributed by atoms with Gasteiger partial charge in [0.05, 0.1) is 0 Å². The van der Waals surface area contributed by atoms with Gasteiger partial charge in [0, 0.05) is 16.8 Å². The van der Waals surface area contributed by atoms with Gasteiger partial charge in [0.25, 0.3) is 11.8 Å². The second-order valence-electron chi connectivity index (χ2n) is 7.91. The first kappa shape index (κ1) is 24.3. The van der Waals surface area contributed by atoms with Gasteiger partial charge in [-0.25, -0.2) is 9.18 Å². The maximum atomic E-state index is 13.4. The summed E-state index contributed by atoms with van der Waals surface area (Å²) in [5.41, 5.74) is 1.65. The molecule has 36 heavy (non-hydrogen) atoms. The molecule has 0 saturated carbocycles. The predicted molar refractivity (Wildman–Crippen MR) is 133 cm³/mol. The van der Waals surface area contributed by atoms with Crippen molar-refractivity contribution >= 4 is 23.5 Å². The molecular formula is C29H23FN2O4. The molecule has 0 aliphatic rings. The Morgan fingerprint density at radius 2 is 1.19 bits per heavy atom. The van der Waals surface area contributed by atoms with Crippen LogP contribution in [0.3, 0.4) is 0 Å². The van der Waals surface area contributed by atoms with Crippen molar-refractivity contribution < 1.29 is 23.5 Å². The van der Waals surface area contributed by atoms with Crippen molar-refractivity contribution in [2.24, 2.45) is 0 Å². The van der Waals surface area contributed by atoms with Crippen LogP contribution in [0.1, 0.15) is 33.6 Å². The fraction of sp³-hybridized carbons (Fsp3) is 0.0690. The molecule has 0 spiro atoms. The van der Waals surface area contributed by atoms with Gasteiger partial charge in [-0.15, -0.1) is 0 Å². The second-order valence-corrected chi connectivity index (χ2v) is 7.91. The molecule has 4 aromatic rings. The van der Waals surface area contributed by atoms with Crippen LogP contribution in [0.25, 0.3) is 0 Å². The maximum Gasteiger partial charge on any atom is 0.334 e. The number of esters is 1. The molecule has 0 aromatic heterocycles. The van der Waals surface area contributed by atoms with Crippen molar-refractivity contribution in [3.05, 3.63) is 138 Å². The molecule has 7 heteroatoms. The number of hydrogen-bond donors (Lipinski definition) is 2. The molecule has 0 saturated heterocycles. The Bertz CT molecular complexity index is 1310. The van der Waals surface area contributed by atoms with Crippen LogP contribution in [0, 0.1) is 5.82 Å². The van der Waals surface area contributed by atoms with Gasteiger partial charge in [0.15, 0.2) is 6.04 Å². The van der Waals surface area contributed by atoms with E-state index in [0.29, 0.717) is 22.4 Å². The minimum absolute atomic E-state index is 0.343. The lowest BCUT2D eigenvalue weighted by atomic mass is 10.1. The van der Waals surface area contributed by atoms with E-state index in [-0.39, 0.29) is 0 Å². The molecule has 4 aromatic carbocycles. The fourth-order valence-corrected chi connectivity index (χ4v) is 3.55. The predicted octanol–water partition coefficient (Wildman–Crippen LogP) is 5.22. The van der Waals surface area contributed by atoms with Crippen LogP contribution < -0.4 is 10.6 Å². The van der Waals surface area contributed by atoms with Crippen molar-refractivity contribution in [2.75, 3.05) is 5.32 Å². The normalized spacial score (nSPS) is 12.1. The Hall–Kier alpha value is -4.78. The highest BCUT2D eigenvalue weighted by Crippen LogP contribution is 2.24. The molecule has 0 fully saturated rings. The highest BCUT2D eigenvalue weighted by atomic mass is 19.1. The summed E-state index contributed by atoms with van der Waals surface area (Å²) in [7, 11) is 0. The lowest BCUT2D eigenvalue weighted by molar-refractivity contribution is -0.156. The van der Waals surface area contributed by atoms with Gasteiger partial charge in [0.2, 0.25) is 6.10 Å². The molecule has 0 radical (unpaired) electrons. The van der Waals surface area contributed by atoms with E-state index in [0.717, 1.165) is 0 Å². The number of halogens is 1. The Labute approximate surface area is 207 Å². The van der Waals surface area contributed by atoms with Crippen molar-refractivity contribution in [2.45, 2.75) is 12.1 Å². The molecule has 6 nitrogen and oxygen atoms in total. The average Bonchev–Trinajstić information content (AvgIpc) is 2.92. The van der Waals surface area contributed by atoms with Crippen molar-refractivity contribution in [3.63, 3.8) is 0 Å². The van der Waals surface area contributed by atoms with Gasteiger partial charge in [-0.05, 0) is 42.0 Å². The summed E-state index contributed by atoms with van der Waals surface area (Å²) < 4.78 is 19.0. The molecule has 180 valence electrons. The number of nitrogens with one attached hydrogen (secondary N) is 2. The Morgan fingerprint density at radius 1 is 0.667 bits per heavy atom. The van der Waals surface area contributed by atoms with Gasteiger partial charge >= 0.3 is 5.97 Å². The van der Waals surface area contributed by atoms with Gasteiger partial charge in [-0.1, -0.05) is 78.9 Å². The van der Waals surface area contributed by atoms with Gasteiger partial charge in [-0.3, -0.25) is 9.59 Å². The first-order chi connectivity index (χ1) is 17.5. The number of carbonyl (C=O) groups is 3. The van der Waals surface area contributed by atoms with E-state index < -0.39 is 35.7 Å². The third-order valence-electron chi connectivity index (χ3n) is 5.37. The average molecular weight is 483 g/mol. The van der Waals surface area contributed by atoms with Crippen LogP contribution in [0.5, 0.6) is 0 Å². The monoisotopic (exact) mass is 482 g/mol. The summed E-state index contributed by atoms with van der Waals surface area (Å²) in [4.78, 5) is 39.5. The van der Waals surface area contributed by atoms with E-state index in [1.54, 1.807) is 91.0 Å². The molecule has 2 N–H and O–H groups in total. The van der Waals surface area contributed by atoms with E-state index in [9.17, 15) is 18.8 Å². The molecule has 0 aliphatic heterocycles. The summed E-state index contributed by atoms with van der Waals surface area (Å²) in [6, 6.07) is 29.7. The molecule has 0 bridgehead atoms. The van der Waals surface area contributed by atoms with Gasteiger partial charge < -0.3 is 15.4 Å². The van der Waals surface area contributed by atoms with Crippen molar-refractivity contribution in [1.29, 1.82) is 0 Å². The van der Waals surface area contributed by atoms with E-state index in [1.807, 2.05) is 0 Å². The standard InChI is InChI=1S/C29H23FN2O4/c30-23-16-18-24(19-17-23)31-28(34)26(21-12-6-2-7-13-21)36-29(35)25(20-10-4-1-5-11-20)32-27(33)22-14-8-3-9-15-22/h1-19,25-26H,(H,31,34)(H,32,33)/t25-,26-/m0/s1. The quantitative estimate of drug-likeness (QED) is 0.337. The Balaban J connectivity index is 1.60. The first-order valence-electron chi connectivity index (χ1n) is 11.2. The van der Waals surface area contributed by atoms with Crippen LogP contribution in [0.2, 0.25) is 0 Å². The SMILES string of the molecule is O=C(N[C@H](C(=O)O[C@H](C(=O)Nc1ccc(F)cc1)c1ccccc1)c1ccccc1)c1ccccc1. The summed E-state index contributed by atoms with van der Waals surface area (Å²) in [6.07, 6.45) is -1.32. The highest BCUT2D eigenvalue weighted by Gasteiger charge is 2.31. The number of ether oxygens (including phenoxy) is 1. The summed E-state index contributed by atoms with van der Waals surface area (Å²) in [5.74, 6) is -2.34. The van der Waals surface area contributed by atoms with Crippen LogP contribution in [0.4, 0.5) is 10.1 Å². The van der Waals surface area contributed by atoms with Gasteiger partial charge in [-0.2, -0.15) is 0 Å². The Kier molecular flexibility index (Phi) is 7.83. The first-order valence-corrected chi connectivity index (χ1v) is 11.2. The van der Waals surface area contributed by atoms with Crippen LogP contribution >= 0.6 is 0 Å². The summed E-state index contributed by atoms with van der Waals surface area (Å²) in [5, 5.41) is 5.36. The zero-order chi connectivity index (χ0) is 25.3. The molecular weight excluding hydrogens is 459 g/mol. The zero-order valence-corrected chi connectivity index (χ0v) is 19.1. The molecule has 4 rings (SSSR count). The molecule has 0 unspecified atom stereocenters. The van der Waals surface area contributed by atoms with Crippen LogP contribution in [0.15, 0.2) is 115 Å². The molecule has 2 amide bonds. The molecule has 0 heterocycles. The number of carbonyl (C=O) groups excluding carboxylic acids is 3. The van der Waals surface area contributed by atoms with Crippen molar-refractivity contribution in [1.82, 2.24) is 5.32 Å². The fourth-order valence-electron chi connectivity index (χ4n) is 3.55. The van der Waals surface area contributed by atoms with Crippen LogP contribution in [-0.4, -0.2) is 17.8 Å². The smallest absolute Gasteiger partial charge is 0.334 e. The number of amides is 2. The lowest BCUT2D eigenvalue weighted by Gasteiger charge is -2.23. The zero-order valence-electron chi connectivity index (χ0n) is 19.1. The molecule has 2 atom stereocenters. The van der Waals surface area contributed by atoms with Crippen LogP contribution in [-0.2, 0) is 14.3 Å². The maximum absolute atomic E-state index is 13.4. The molecule has 0 aliphatic carbocycles. The number of hydrogen-bond acceptors (Lipinski definition) is 4. The highest BCUT2D eigenvalue weighted by molar-refractivity contribution is 5.99. The largest absolute Gasteiger partial charge is 0.445 e.